The molecule has 0 heterocycles. The summed E-state index contributed by atoms with van der Waals surface area (Å²) in [5, 5.41) is 6.00. The van der Waals surface area contributed by atoms with E-state index in [1.54, 1.807) is 11.8 Å². The molecule has 0 saturated carbocycles. The molecule has 0 radical (unpaired) electrons. The van der Waals surface area contributed by atoms with Crippen LogP contribution < -0.4 is 5.32 Å². The molecule has 0 unspecified atom stereocenters. The molecular weight excluding hydrogens is 176 g/mol. The molecule has 0 aromatic rings. The van der Waals surface area contributed by atoms with Gasteiger partial charge < -0.3 is 5.32 Å². The Bertz CT molecular complexity index is 171. The standard InChI is InChI=1S/C7H14N2O2S/c1-4-6(5-12-3)9-11-7(10)8-2/h4-5H2,1-3H3,(H,8,10). The van der Waals surface area contributed by atoms with Crippen molar-refractivity contribution in [3.63, 3.8) is 0 Å². The number of hydrogen-bond acceptors (Lipinski definition) is 4. The average molecular weight is 190 g/mol. The molecule has 0 saturated heterocycles. The van der Waals surface area contributed by atoms with E-state index in [-0.39, 0.29) is 0 Å². The van der Waals surface area contributed by atoms with E-state index < -0.39 is 6.09 Å². The number of thioether (sulfide) groups is 1. The van der Waals surface area contributed by atoms with Gasteiger partial charge in [-0.2, -0.15) is 11.8 Å². The van der Waals surface area contributed by atoms with Crippen molar-refractivity contribution < 1.29 is 9.63 Å². The minimum Gasteiger partial charge on any atom is -0.323 e. The summed E-state index contributed by atoms with van der Waals surface area (Å²) in [7, 11) is 1.50. The van der Waals surface area contributed by atoms with Crippen LogP contribution in [0, 0.1) is 0 Å². The van der Waals surface area contributed by atoms with E-state index in [4.69, 9.17) is 0 Å². The van der Waals surface area contributed by atoms with Crippen molar-refractivity contribution in [1.29, 1.82) is 0 Å². The van der Waals surface area contributed by atoms with Crippen LogP contribution in [0.3, 0.4) is 0 Å². The Morgan fingerprint density at radius 1 is 1.67 bits per heavy atom. The van der Waals surface area contributed by atoms with Gasteiger partial charge in [0, 0.05) is 12.8 Å². The zero-order valence-corrected chi connectivity index (χ0v) is 8.40. The summed E-state index contributed by atoms with van der Waals surface area (Å²) in [6, 6.07) is 0. The third kappa shape index (κ3) is 5.01. The van der Waals surface area contributed by atoms with Crippen molar-refractivity contribution in [2.45, 2.75) is 13.3 Å². The van der Waals surface area contributed by atoms with Gasteiger partial charge >= 0.3 is 6.09 Å². The van der Waals surface area contributed by atoms with Gasteiger partial charge in [-0.3, -0.25) is 4.84 Å². The summed E-state index contributed by atoms with van der Waals surface area (Å²) < 4.78 is 0. The third-order valence-electron chi connectivity index (χ3n) is 1.18. The maximum atomic E-state index is 10.6. The molecule has 0 rings (SSSR count). The van der Waals surface area contributed by atoms with Crippen LogP contribution in [0.25, 0.3) is 0 Å². The number of hydrogen-bond donors (Lipinski definition) is 1. The Balaban J connectivity index is 3.84. The lowest BCUT2D eigenvalue weighted by Crippen LogP contribution is -2.17. The smallest absolute Gasteiger partial charge is 0.323 e. The topological polar surface area (TPSA) is 50.7 Å². The van der Waals surface area contributed by atoms with E-state index in [1.807, 2.05) is 13.2 Å². The zero-order chi connectivity index (χ0) is 9.40. The highest BCUT2D eigenvalue weighted by Gasteiger charge is 1.98. The molecule has 70 valence electrons. The molecule has 0 aliphatic rings. The Morgan fingerprint density at radius 3 is 2.75 bits per heavy atom. The maximum absolute atomic E-state index is 10.6. The van der Waals surface area contributed by atoms with Gasteiger partial charge in [-0.25, -0.2) is 4.79 Å². The van der Waals surface area contributed by atoms with Crippen molar-refractivity contribution in [2.24, 2.45) is 5.16 Å². The van der Waals surface area contributed by atoms with Crippen LogP contribution >= 0.6 is 11.8 Å². The molecule has 0 aromatic heterocycles. The molecule has 12 heavy (non-hydrogen) atoms. The van der Waals surface area contributed by atoms with Gasteiger partial charge in [0.15, 0.2) is 0 Å². The van der Waals surface area contributed by atoms with Gasteiger partial charge in [0.05, 0.1) is 5.71 Å². The average Bonchev–Trinajstić information content (AvgIpc) is 2.11. The summed E-state index contributed by atoms with van der Waals surface area (Å²) in [5.41, 5.74) is 0.881. The number of amides is 1. The molecule has 0 spiro atoms. The first kappa shape index (κ1) is 11.3. The van der Waals surface area contributed by atoms with E-state index in [1.165, 1.54) is 7.05 Å². The van der Waals surface area contributed by atoms with Crippen LogP contribution in [0.15, 0.2) is 5.16 Å². The summed E-state index contributed by atoms with van der Waals surface area (Å²) in [6.07, 6.45) is 2.25. The molecular formula is C7H14N2O2S. The first-order valence-electron chi connectivity index (χ1n) is 3.68. The molecule has 1 N–H and O–H groups in total. The third-order valence-corrected chi connectivity index (χ3v) is 1.80. The molecule has 0 bridgehead atoms. The number of nitrogens with zero attached hydrogens (tertiary/aromatic N) is 1. The predicted octanol–water partition coefficient (Wildman–Crippen LogP) is 1.47. The van der Waals surface area contributed by atoms with Gasteiger partial charge in [-0.1, -0.05) is 12.1 Å². The SMILES string of the molecule is CCC(CSC)=NOC(=O)NC. The van der Waals surface area contributed by atoms with Gasteiger partial charge in [0.2, 0.25) is 0 Å². The summed E-state index contributed by atoms with van der Waals surface area (Å²) in [5.74, 6) is 0.799. The molecule has 5 heteroatoms. The second kappa shape index (κ2) is 6.97. The van der Waals surface area contributed by atoms with E-state index in [0.717, 1.165) is 17.9 Å². The lowest BCUT2D eigenvalue weighted by atomic mass is 10.3. The summed E-state index contributed by atoms with van der Waals surface area (Å²) in [6.45, 7) is 1.97. The Morgan fingerprint density at radius 2 is 2.33 bits per heavy atom. The van der Waals surface area contributed by atoms with Gasteiger partial charge in [0.1, 0.15) is 0 Å². The van der Waals surface area contributed by atoms with Crippen LogP contribution in [0.2, 0.25) is 0 Å². The van der Waals surface area contributed by atoms with Crippen LogP contribution in [0.5, 0.6) is 0 Å². The van der Waals surface area contributed by atoms with Crippen molar-refractivity contribution in [2.75, 3.05) is 19.1 Å². The van der Waals surface area contributed by atoms with Crippen molar-refractivity contribution in [3.05, 3.63) is 0 Å². The fourth-order valence-electron chi connectivity index (χ4n) is 0.511. The van der Waals surface area contributed by atoms with Crippen LogP contribution in [-0.4, -0.2) is 30.9 Å². The predicted molar refractivity (Wildman–Crippen MR) is 51.6 cm³/mol. The number of oxime groups is 1. The number of carbonyl (C=O) groups is 1. The van der Waals surface area contributed by atoms with Crippen molar-refractivity contribution in [3.8, 4) is 0 Å². The zero-order valence-electron chi connectivity index (χ0n) is 7.59. The van der Waals surface area contributed by atoms with Crippen LogP contribution in [0.1, 0.15) is 13.3 Å². The van der Waals surface area contributed by atoms with Crippen molar-refractivity contribution >= 4 is 23.6 Å². The van der Waals surface area contributed by atoms with Gasteiger partial charge in [-0.05, 0) is 12.7 Å². The first-order chi connectivity index (χ1) is 5.74. The minimum atomic E-state index is -0.526. The summed E-state index contributed by atoms with van der Waals surface area (Å²) >= 11 is 1.65. The Kier molecular flexibility index (Phi) is 6.55. The number of rotatable bonds is 4. The molecule has 0 aliphatic carbocycles. The molecule has 0 aromatic carbocycles. The highest BCUT2D eigenvalue weighted by molar-refractivity contribution is 7.99. The molecule has 1 amide bonds. The monoisotopic (exact) mass is 190 g/mol. The lowest BCUT2D eigenvalue weighted by Gasteiger charge is -1.99. The highest BCUT2D eigenvalue weighted by atomic mass is 32.2. The second-order valence-corrected chi connectivity index (χ2v) is 2.94. The summed E-state index contributed by atoms with van der Waals surface area (Å²) in [4.78, 5) is 15.1. The van der Waals surface area contributed by atoms with E-state index in [2.05, 4.69) is 15.3 Å². The fourth-order valence-corrected chi connectivity index (χ4v) is 1.10. The Labute approximate surface area is 76.7 Å². The van der Waals surface area contributed by atoms with Gasteiger partial charge in [0.25, 0.3) is 0 Å². The molecule has 0 aliphatic heterocycles. The quantitative estimate of drug-likeness (QED) is 0.415. The van der Waals surface area contributed by atoms with E-state index in [9.17, 15) is 4.79 Å². The Hall–Kier alpha value is -0.710. The van der Waals surface area contributed by atoms with E-state index >= 15 is 0 Å². The molecule has 0 fully saturated rings. The lowest BCUT2D eigenvalue weighted by molar-refractivity contribution is 0.153. The normalized spacial score (nSPS) is 11.1. The molecule has 4 nitrogen and oxygen atoms in total. The fraction of sp³-hybridized carbons (Fsp3) is 0.714. The number of nitrogens with one attached hydrogen (secondary N) is 1. The number of carbonyl (C=O) groups excluding carboxylic acids is 1. The minimum absolute atomic E-state index is 0.526. The highest BCUT2D eigenvalue weighted by Crippen LogP contribution is 1.98. The van der Waals surface area contributed by atoms with Crippen LogP contribution in [0.4, 0.5) is 4.79 Å². The van der Waals surface area contributed by atoms with E-state index in [0.29, 0.717) is 0 Å². The molecule has 0 atom stereocenters. The van der Waals surface area contributed by atoms with Crippen LogP contribution in [-0.2, 0) is 4.84 Å². The largest absolute Gasteiger partial charge is 0.433 e. The van der Waals surface area contributed by atoms with Gasteiger partial charge in [-0.15, -0.1) is 0 Å². The van der Waals surface area contributed by atoms with Crippen molar-refractivity contribution in [1.82, 2.24) is 5.32 Å². The maximum Gasteiger partial charge on any atom is 0.433 e. The second-order valence-electron chi connectivity index (χ2n) is 2.07. The first-order valence-corrected chi connectivity index (χ1v) is 5.07.